The van der Waals surface area contributed by atoms with E-state index in [1.165, 1.54) is 12.1 Å². The molecule has 0 saturated carbocycles. The van der Waals surface area contributed by atoms with E-state index in [4.69, 9.17) is 15.9 Å². The molecule has 0 fully saturated rings. The van der Waals surface area contributed by atoms with Crippen molar-refractivity contribution in [2.75, 3.05) is 0 Å². The van der Waals surface area contributed by atoms with Crippen LogP contribution in [0.2, 0.25) is 0 Å². The Bertz CT molecular complexity index is 325. The highest BCUT2D eigenvalue weighted by Crippen LogP contribution is 2.24. The minimum Gasteiger partial charge on any atom is -0.508 e. The Morgan fingerprint density at radius 2 is 1.86 bits per heavy atom. The maximum Gasteiger partial charge on any atom is 0.321 e. The first-order valence-electron chi connectivity index (χ1n) is 3.97. The van der Waals surface area contributed by atoms with Crippen molar-refractivity contribution in [3.05, 3.63) is 29.8 Å². The largest absolute Gasteiger partial charge is 0.508 e. The standard InChI is InChI=1S/C9H11NO3S/c10-7(9(12)13)8(14)5-1-3-6(11)4-2-5/h1-4,7-8,11,14H,10H2,(H,12,13). The Balaban J connectivity index is 2.84. The van der Waals surface area contributed by atoms with Gasteiger partial charge < -0.3 is 15.9 Å². The minimum absolute atomic E-state index is 0.123. The first-order valence-corrected chi connectivity index (χ1v) is 4.49. The molecule has 0 aromatic heterocycles. The lowest BCUT2D eigenvalue weighted by Gasteiger charge is -2.15. The van der Waals surface area contributed by atoms with E-state index in [2.05, 4.69) is 12.6 Å². The van der Waals surface area contributed by atoms with Gasteiger partial charge in [0.1, 0.15) is 11.8 Å². The van der Waals surface area contributed by atoms with Crippen LogP contribution < -0.4 is 5.73 Å². The van der Waals surface area contributed by atoms with Crippen molar-refractivity contribution in [3.63, 3.8) is 0 Å². The number of benzene rings is 1. The quantitative estimate of drug-likeness (QED) is 0.559. The smallest absolute Gasteiger partial charge is 0.321 e. The molecule has 0 heterocycles. The van der Waals surface area contributed by atoms with E-state index in [1.54, 1.807) is 12.1 Å². The van der Waals surface area contributed by atoms with Crippen molar-refractivity contribution < 1.29 is 15.0 Å². The van der Waals surface area contributed by atoms with E-state index >= 15 is 0 Å². The van der Waals surface area contributed by atoms with Gasteiger partial charge in [0.05, 0.1) is 5.25 Å². The number of carboxylic acid groups (broad SMARTS) is 1. The molecule has 0 aliphatic heterocycles. The van der Waals surface area contributed by atoms with Gasteiger partial charge in [-0.3, -0.25) is 4.79 Å². The van der Waals surface area contributed by atoms with Gasteiger partial charge in [-0.15, -0.1) is 0 Å². The summed E-state index contributed by atoms with van der Waals surface area (Å²) >= 11 is 4.10. The maximum atomic E-state index is 10.6. The molecule has 0 aliphatic carbocycles. The fraction of sp³-hybridized carbons (Fsp3) is 0.222. The molecule has 1 aromatic carbocycles. The summed E-state index contributed by atoms with van der Waals surface area (Å²) in [7, 11) is 0. The summed E-state index contributed by atoms with van der Waals surface area (Å²) in [6.45, 7) is 0. The summed E-state index contributed by atoms with van der Waals surface area (Å²) in [5, 5.41) is 17.1. The van der Waals surface area contributed by atoms with Gasteiger partial charge in [-0.25, -0.2) is 0 Å². The summed E-state index contributed by atoms with van der Waals surface area (Å²) in [6, 6.07) is 5.06. The van der Waals surface area contributed by atoms with Crippen LogP contribution in [0.3, 0.4) is 0 Å². The van der Waals surface area contributed by atoms with E-state index < -0.39 is 17.3 Å². The third-order valence-corrected chi connectivity index (χ3v) is 2.48. The molecule has 1 aromatic rings. The molecule has 0 spiro atoms. The Morgan fingerprint density at radius 1 is 1.36 bits per heavy atom. The van der Waals surface area contributed by atoms with Crippen LogP contribution in [0.1, 0.15) is 10.8 Å². The fourth-order valence-corrected chi connectivity index (χ4v) is 1.31. The number of rotatable bonds is 3. The van der Waals surface area contributed by atoms with Crippen LogP contribution in [-0.4, -0.2) is 22.2 Å². The monoisotopic (exact) mass is 213 g/mol. The number of aromatic hydroxyl groups is 1. The number of aliphatic carboxylic acids is 1. The topological polar surface area (TPSA) is 83.6 Å². The number of carbonyl (C=O) groups is 1. The van der Waals surface area contributed by atoms with E-state index in [0.29, 0.717) is 5.56 Å². The second-order valence-electron chi connectivity index (χ2n) is 2.90. The molecule has 5 heteroatoms. The van der Waals surface area contributed by atoms with Gasteiger partial charge in [0.25, 0.3) is 0 Å². The highest BCUT2D eigenvalue weighted by Gasteiger charge is 2.22. The number of hydrogen-bond acceptors (Lipinski definition) is 4. The van der Waals surface area contributed by atoms with Crippen LogP contribution in [0.25, 0.3) is 0 Å². The van der Waals surface area contributed by atoms with Crippen molar-refractivity contribution in [3.8, 4) is 5.75 Å². The Kier molecular flexibility index (Phi) is 3.38. The van der Waals surface area contributed by atoms with Crippen LogP contribution in [0.4, 0.5) is 0 Å². The first kappa shape index (κ1) is 10.9. The molecule has 0 radical (unpaired) electrons. The van der Waals surface area contributed by atoms with E-state index in [1.807, 2.05) is 0 Å². The second kappa shape index (κ2) is 4.34. The molecule has 2 atom stereocenters. The average Bonchev–Trinajstić information content (AvgIpc) is 2.16. The molecular formula is C9H11NO3S. The van der Waals surface area contributed by atoms with Crippen LogP contribution in [0.15, 0.2) is 24.3 Å². The molecule has 4 N–H and O–H groups in total. The number of phenols is 1. The highest BCUT2D eigenvalue weighted by molar-refractivity contribution is 7.80. The zero-order valence-corrected chi connectivity index (χ0v) is 8.19. The van der Waals surface area contributed by atoms with Gasteiger partial charge in [-0.2, -0.15) is 12.6 Å². The third-order valence-electron chi connectivity index (χ3n) is 1.86. The van der Waals surface area contributed by atoms with Gasteiger partial charge >= 0.3 is 5.97 Å². The first-order chi connectivity index (χ1) is 6.52. The van der Waals surface area contributed by atoms with Crippen molar-refractivity contribution >= 4 is 18.6 Å². The molecule has 2 unspecified atom stereocenters. The van der Waals surface area contributed by atoms with Crippen LogP contribution in [-0.2, 0) is 4.79 Å². The lowest BCUT2D eigenvalue weighted by Crippen LogP contribution is -2.34. The molecule has 4 nitrogen and oxygen atoms in total. The summed E-state index contributed by atoms with van der Waals surface area (Å²) in [4.78, 5) is 10.6. The predicted octanol–water partition coefficient (Wildman–Crippen LogP) is 0.775. The third kappa shape index (κ3) is 2.40. The summed E-state index contributed by atoms with van der Waals surface area (Å²) in [6.07, 6.45) is 0. The van der Waals surface area contributed by atoms with Gasteiger partial charge in [0, 0.05) is 0 Å². The maximum absolute atomic E-state index is 10.6. The zero-order chi connectivity index (χ0) is 10.7. The molecule has 1 rings (SSSR count). The van der Waals surface area contributed by atoms with E-state index in [9.17, 15) is 4.79 Å². The van der Waals surface area contributed by atoms with Crippen molar-refractivity contribution in [2.24, 2.45) is 5.73 Å². The van der Waals surface area contributed by atoms with Crippen molar-refractivity contribution in [1.82, 2.24) is 0 Å². The highest BCUT2D eigenvalue weighted by atomic mass is 32.1. The van der Waals surface area contributed by atoms with Crippen LogP contribution in [0.5, 0.6) is 5.75 Å². The van der Waals surface area contributed by atoms with Gasteiger partial charge in [-0.1, -0.05) is 12.1 Å². The lowest BCUT2D eigenvalue weighted by molar-refractivity contribution is -0.138. The Morgan fingerprint density at radius 3 is 2.29 bits per heavy atom. The molecule has 0 amide bonds. The number of thiol groups is 1. The fourth-order valence-electron chi connectivity index (χ4n) is 1.01. The Hall–Kier alpha value is -1.20. The normalized spacial score (nSPS) is 14.7. The van der Waals surface area contributed by atoms with Crippen LogP contribution >= 0.6 is 12.6 Å². The number of nitrogens with two attached hydrogens (primary N) is 1. The van der Waals surface area contributed by atoms with E-state index in [-0.39, 0.29) is 5.75 Å². The van der Waals surface area contributed by atoms with Gasteiger partial charge in [-0.05, 0) is 17.7 Å². The predicted molar refractivity (Wildman–Crippen MR) is 55.4 cm³/mol. The summed E-state index contributed by atoms with van der Waals surface area (Å²) in [5.41, 5.74) is 6.06. The molecular weight excluding hydrogens is 202 g/mol. The summed E-state index contributed by atoms with van der Waals surface area (Å²) < 4.78 is 0. The lowest BCUT2D eigenvalue weighted by atomic mass is 10.1. The van der Waals surface area contributed by atoms with Crippen molar-refractivity contribution in [1.29, 1.82) is 0 Å². The van der Waals surface area contributed by atoms with E-state index in [0.717, 1.165) is 0 Å². The van der Waals surface area contributed by atoms with Crippen molar-refractivity contribution in [2.45, 2.75) is 11.3 Å². The zero-order valence-electron chi connectivity index (χ0n) is 7.29. The minimum atomic E-state index is -1.10. The molecule has 0 aliphatic rings. The van der Waals surface area contributed by atoms with Crippen LogP contribution in [0, 0.1) is 0 Å². The number of hydrogen-bond donors (Lipinski definition) is 4. The SMILES string of the molecule is NC(C(=O)O)C(S)c1ccc(O)cc1. The number of phenolic OH excluding ortho intramolecular Hbond substituents is 1. The number of carboxylic acids is 1. The average molecular weight is 213 g/mol. The molecule has 76 valence electrons. The Labute approximate surface area is 86.8 Å². The molecule has 0 saturated heterocycles. The van der Waals surface area contributed by atoms with Gasteiger partial charge in [0.2, 0.25) is 0 Å². The molecule has 14 heavy (non-hydrogen) atoms. The second-order valence-corrected chi connectivity index (χ2v) is 3.46. The summed E-state index contributed by atoms with van der Waals surface area (Å²) in [5.74, 6) is -0.976. The molecule has 0 bridgehead atoms. The van der Waals surface area contributed by atoms with Gasteiger partial charge in [0.15, 0.2) is 0 Å².